The molecule has 0 spiro atoms. The monoisotopic (exact) mass is 327 g/mol. The summed E-state index contributed by atoms with van der Waals surface area (Å²) < 4.78 is 5.59. The quantitative estimate of drug-likeness (QED) is 0.802. The number of anilines is 1. The molecule has 106 valence electrons. The molecule has 0 heterocycles. The lowest BCUT2D eigenvalue weighted by Gasteiger charge is -2.16. The number of ether oxygens (including phenoxy) is 1. The van der Waals surface area contributed by atoms with Gasteiger partial charge in [-0.25, -0.2) is 0 Å². The lowest BCUT2D eigenvalue weighted by molar-refractivity contribution is -0.114. The van der Waals surface area contributed by atoms with Crippen LogP contribution >= 0.6 is 15.9 Å². The molecular formula is C15H22BrNO2. The van der Waals surface area contributed by atoms with Crippen LogP contribution in [0.15, 0.2) is 18.2 Å². The van der Waals surface area contributed by atoms with E-state index in [1.54, 1.807) is 0 Å². The van der Waals surface area contributed by atoms with E-state index in [0.717, 1.165) is 17.9 Å². The summed E-state index contributed by atoms with van der Waals surface area (Å²) in [5, 5.41) is 2.79. The van der Waals surface area contributed by atoms with Crippen LogP contribution < -0.4 is 10.1 Å². The lowest BCUT2D eigenvalue weighted by atomic mass is 10.0. The van der Waals surface area contributed by atoms with E-state index in [2.05, 4.69) is 35.1 Å². The van der Waals surface area contributed by atoms with E-state index < -0.39 is 0 Å². The molecule has 1 N–H and O–H groups in total. The second kappa shape index (κ2) is 7.53. The zero-order valence-corrected chi connectivity index (χ0v) is 13.6. The molecule has 0 bridgehead atoms. The highest BCUT2D eigenvalue weighted by molar-refractivity contribution is 9.09. The third-order valence-electron chi connectivity index (χ3n) is 2.81. The molecule has 1 amide bonds. The molecule has 19 heavy (non-hydrogen) atoms. The Labute approximate surface area is 123 Å². The summed E-state index contributed by atoms with van der Waals surface area (Å²) in [6.45, 7) is 8.39. The van der Waals surface area contributed by atoms with E-state index in [1.165, 1.54) is 12.5 Å². The molecule has 1 aromatic rings. The fourth-order valence-corrected chi connectivity index (χ4v) is 2.10. The Kier molecular flexibility index (Phi) is 6.35. The van der Waals surface area contributed by atoms with Crippen LogP contribution in [-0.4, -0.2) is 17.3 Å². The number of rotatable bonds is 6. The molecule has 1 aromatic carbocycles. The van der Waals surface area contributed by atoms with E-state index in [9.17, 15) is 4.79 Å². The minimum absolute atomic E-state index is 0.0887. The highest BCUT2D eigenvalue weighted by atomic mass is 79.9. The van der Waals surface area contributed by atoms with Crippen molar-refractivity contribution in [2.75, 3.05) is 11.9 Å². The van der Waals surface area contributed by atoms with Crippen LogP contribution in [0.3, 0.4) is 0 Å². The molecule has 0 aliphatic carbocycles. The maximum atomic E-state index is 11.1. The zero-order chi connectivity index (χ0) is 14.4. The Hall–Kier alpha value is -1.03. The van der Waals surface area contributed by atoms with Gasteiger partial charge in [-0.3, -0.25) is 4.79 Å². The van der Waals surface area contributed by atoms with E-state index in [4.69, 9.17) is 4.74 Å². The Bertz CT molecular complexity index is 432. The van der Waals surface area contributed by atoms with Gasteiger partial charge in [0.1, 0.15) is 5.75 Å². The summed E-state index contributed by atoms with van der Waals surface area (Å²) in [6.07, 6.45) is 0.943. The average Bonchev–Trinajstić information content (AvgIpc) is 2.32. The van der Waals surface area contributed by atoms with Crippen LogP contribution in [0.4, 0.5) is 5.69 Å². The summed E-state index contributed by atoms with van der Waals surface area (Å²) in [7, 11) is 0. The molecule has 1 unspecified atom stereocenters. The number of halogens is 1. The first-order valence-corrected chi connectivity index (χ1v) is 7.53. The minimum atomic E-state index is -0.0887. The van der Waals surface area contributed by atoms with E-state index in [0.29, 0.717) is 17.4 Å². The minimum Gasteiger partial charge on any atom is -0.492 e. The second-order valence-electron chi connectivity index (χ2n) is 4.91. The van der Waals surface area contributed by atoms with Crippen molar-refractivity contribution in [2.45, 2.75) is 38.9 Å². The maximum Gasteiger partial charge on any atom is 0.221 e. The summed E-state index contributed by atoms with van der Waals surface area (Å²) in [6, 6.07) is 5.94. The predicted molar refractivity (Wildman–Crippen MR) is 83.2 cm³/mol. The van der Waals surface area contributed by atoms with Crippen LogP contribution in [-0.2, 0) is 11.2 Å². The van der Waals surface area contributed by atoms with Gasteiger partial charge >= 0.3 is 0 Å². The highest BCUT2D eigenvalue weighted by Crippen LogP contribution is 2.28. The number of amides is 1. The van der Waals surface area contributed by atoms with Gasteiger partial charge in [-0.2, -0.15) is 0 Å². The molecule has 0 aliphatic heterocycles. The lowest BCUT2D eigenvalue weighted by Crippen LogP contribution is -2.12. The first kappa shape index (κ1) is 16.0. The van der Waals surface area contributed by atoms with E-state index in [-0.39, 0.29) is 5.91 Å². The number of carbonyl (C=O) groups is 1. The summed E-state index contributed by atoms with van der Waals surface area (Å²) in [5.41, 5.74) is 1.93. The second-order valence-corrected chi connectivity index (χ2v) is 6.08. The van der Waals surface area contributed by atoms with Crippen LogP contribution in [0.25, 0.3) is 0 Å². The SMILES string of the molecule is CCOc1cc(CC(Br)C(C)C)ccc1NC(C)=O. The number of hydrogen-bond donors (Lipinski definition) is 1. The molecule has 1 atom stereocenters. The standard InChI is InChI=1S/C15H22BrNO2/c1-5-19-15-9-12(8-13(16)10(2)3)6-7-14(15)17-11(4)18/h6-7,9-10,13H,5,8H2,1-4H3,(H,17,18). The van der Waals surface area contributed by atoms with E-state index in [1.807, 2.05) is 25.1 Å². The molecule has 0 fully saturated rings. The molecule has 0 aromatic heterocycles. The van der Waals surface area contributed by atoms with Crippen LogP contribution in [0.1, 0.15) is 33.3 Å². The largest absolute Gasteiger partial charge is 0.492 e. The Morgan fingerprint density at radius 2 is 2.11 bits per heavy atom. The third-order valence-corrected chi connectivity index (χ3v) is 4.19. The van der Waals surface area contributed by atoms with Gasteiger partial charge in [0.05, 0.1) is 12.3 Å². The molecule has 4 heteroatoms. The number of alkyl halides is 1. The van der Waals surface area contributed by atoms with Gasteiger partial charge < -0.3 is 10.1 Å². The summed E-state index contributed by atoms with van der Waals surface area (Å²) in [5.74, 6) is 1.22. The Morgan fingerprint density at radius 1 is 1.42 bits per heavy atom. The summed E-state index contributed by atoms with van der Waals surface area (Å²) in [4.78, 5) is 11.6. The normalized spacial score (nSPS) is 12.3. The fourth-order valence-electron chi connectivity index (χ4n) is 1.72. The molecule has 0 radical (unpaired) electrons. The van der Waals surface area contributed by atoms with Gasteiger partial charge in [0.15, 0.2) is 0 Å². The van der Waals surface area contributed by atoms with Crippen molar-refractivity contribution in [1.29, 1.82) is 0 Å². The number of nitrogens with one attached hydrogen (secondary N) is 1. The van der Waals surface area contributed by atoms with Gasteiger partial charge in [-0.1, -0.05) is 35.8 Å². The summed E-state index contributed by atoms with van der Waals surface area (Å²) >= 11 is 3.69. The van der Waals surface area contributed by atoms with Crippen molar-refractivity contribution >= 4 is 27.5 Å². The highest BCUT2D eigenvalue weighted by Gasteiger charge is 2.12. The van der Waals surface area contributed by atoms with Gasteiger partial charge in [-0.05, 0) is 37.0 Å². The van der Waals surface area contributed by atoms with Crippen molar-refractivity contribution in [2.24, 2.45) is 5.92 Å². The van der Waals surface area contributed by atoms with Crippen LogP contribution in [0.5, 0.6) is 5.75 Å². The third kappa shape index (κ3) is 5.23. The van der Waals surface area contributed by atoms with Crippen LogP contribution in [0.2, 0.25) is 0 Å². The molecule has 0 aliphatic rings. The molecule has 1 rings (SSSR count). The van der Waals surface area contributed by atoms with Crippen molar-refractivity contribution in [1.82, 2.24) is 0 Å². The number of benzene rings is 1. The smallest absolute Gasteiger partial charge is 0.221 e. The number of hydrogen-bond acceptors (Lipinski definition) is 2. The van der Waals surface area contributed by atoms with Gasteiger partial charge in [-0.15, -0.1) is 0 Å². The molecule has 0 saturated carbocycles. The zero-order valence-electron chi connectivity index (χ0n) is 12.0. The first-order chi connectivity index (χ1) is 8.93. The van der Waals surface area contributed by atoms with Crippen molar-refractivity contribution in [3.8, 4) is 5.75 Å². The van der Waals surface area contributed by atoms with Crippen LogP contribution in [0, 0.1) is 5.92 Å². The Morgan fingerprint density at radius 3 is 2.63 bits per heavy atom. The molecule has 3 nitrogen and oxygen atoms in total. The number of carbonyl (C=O) groups excluding carboxylic acids is 1. The van der Waals surface area contributed by atoms with Gasteiger partial charge in [0.25, 0.3) is 0 Å². The average molecular weight is 328 g/mol. The predicted octanol–water partition coefficient (Wildman–Crippen LogP) is 4.01. The van der Waals surface area contributed by atoms with Gasteiger partial charge in [0, 0.05) is 11.8 Å². The van der Waals surface area contributed by atoms with Crippen molar-refractivity contribution in [3.63, 3.8) is 0 Å². The van der Waals surface area contributed by atoms with Gasteiger partial charge in [0.2, 0.25) is 5.91 Å². The molecule has 0 saturated heterocycles. The topological polar surface area (TPSA) is 38.3 Å². The molecular weight excluding hydrogens is 306 g/mol. The van der Waals surface area contributed by atoms with Crippen molar-refractivity contribution in [3.05, 3.63) is 23.8 Å². The van der Waals surface area contributed by atoms with E-state index >= 15 is 0 Å². The Balaban J connectivity index is 2.91. The fraction of sp³-hybridized carbons (Fsp3) is 0.533. The maximum absolute atomic E-state index is 11.1. The van der Waals surface area contributed by atoms with Crippen molar-refractivity contribution < 1.29 is 9.53 Å². The first-order valence-electron chi connectivity index (χ1n) is 6.61.